The van der Waals surface area contributed by atoms with E-state index in [1.54, 1.807) is 12.6 Å². The number of aliphatic imine (C=N–C) groups is 1. The zero-order valence-corrected chi connectivity index (χ0v) is 5.83. The van der Waals surface area contributed by atoms with Crippen molar-refractivity contribution in [2.45, 2.75) is 13.8 Å². The third kappa shape index (κ3) is 24.2. The van der Waals surface area contributed by atoms with Crippen LogP contribution in [0.2, 0.25) is 0 Å². The first-order valence-corrected chi connectivity index (χ1v) is 3.12. The van der Waals surface area contributed by atoms with Gasteiger partial charge in [-0.15, -0.1) is 0 Å². The molecule has 0 aliphatic rings. The molecule has 0 aliphatic heterocycles. The van der Waals surface area contributed by atoms with E-state index in [2.05, 4.69) is 4.99 Å². The van der Waals surface area contributed by atoms with Crippen LogP contribution in [0.4, 0.5) is 0 Å². The molecule has 0 fully saturated rings. The van der Waals surface area contributed by atoms with Crippen molar-refractivity contribution >= 4 is 17.5 Å². The van der Waals surface area contributed by atoms with E-state index >= 15 is 0 Å². The summed E-state index contributed by atoms with van der Waals surface area (Å²) in [4.78, 5) is 3.57. The summed E-state index contributed by atoms with van der Waals surface area (Å²) in [6.07, 6.45) is 0. The van der Waals surface area contributed by atoms with E-state index in [4.69, 9.17) is 5.14 Å². The summed E-state index contributed by atoms with van der Waals surface area (Å²) in [5, 5.41) is 4.91. The molecular formula is C4H12N2S. The Morgan fingerprint density at radius 1 is 1.57 bits per heavy atom. The lowest BCUT2D eigenvalue weighted by Crippen LogP contribution is -1.72. The first-order valence-electron chi connectivity index (χ1n) is 2.18. The van der Waals surface area contributed by atoms with E-state index in [0.29, 0.717) is 0 Å². The van der Waals surface area contributed by atoms with Crippen LogP contribution in [0.15, 0.2) is 4.99 Å². The highest BCUT2D eigenvalue weighted by atomic mass is 32.2. The van der Waals surface area contributed by atoms with E-state index in [9.17, 15) is 0 Å². The van der Waals surface area contributed by atoms with Crippen LogP contribution in [-0.2, 0) is 0 Å². The van der Waals surface area contributed by atoms with E-state index < -0.39 is 0 Å². The predicted molar refractivity (Wildman–Crippen MR) is 37.5 cm³/mol. The Labute approximate surface area is 49.3 Å². The van der Waals surface area contributed by atoms with Crippen molar-refractivity contribution in [3.8, 4) is 0 Å². The highest BCUT2D eigenvalue weighted by Crippen LogP contribution is 1.70. The van der Waals surface area contributed by atoms with Gasteiger partial charge in [0, 0.05) is 7.05 Å². The molecule has 0 aromatic rings. The van der Waals surface area contributed by atoms with Gasteiger partial charge < -0.3 is 0 Å². The first kappa shape index (κ1) is 10.1. The van der Waals surface area contributed by atoms with Crippen molar-refractivity contribution in [2.75, 3.05) is 7.05 Å². The number of nitrogens with two attached hydrogens (primary N) is 1. The molecule has 0 radical (unpaired) electrons. The van der Waals surface area contributed by atoms with Gasteiger partial charge in [0.05, 0.1) is 5.55 Å². The third-order valence-corrected chi connectivity index (χ3v) is 0.499. The summed E-state index contributed by atoms with van der Waals surface area (Å²) < 4.78 is 0. The van der Waals surface area contributed by atoms with Crippen LogP contribution in [0.1, 0.15) is 13.8 Å². The van der Waals surface area contributed by atoms with Crippen molar-refractivity contribution in [3.05, 3.63) is 0 Å². The van der Waals surface area contributed by atoms with Gasteiger partial charge in [-0.2, -0.15) is 0 Å². The fraction of sp³-hybridized carbons (Fsp3) is 0.750. The Morgan fingerprint density at radius 3 is 2.00 bits per heavy atom. The van der Waals surface area contributed by atoms with Gasteiger partial charge in [-0.05, 0) is 11.9 Å². The van der Waals surface area contributed by atoms with Gasteiger partial charge in [0.1, 0.15) is 0 Å². The molecule has 44 valence electrons. The standard InChI is InChI=1S/C2H6N2S.C2H6/c1-4-2-5-3;1-2/h2H,3H2,1H3;1-2H3. The summed E-state index contributed by atoms with van der Waals surface area (Å²) >= 11 is 1.11. The minimum atomic E-state index is 1.11. The van der Waals surface area contributed by atoms with Gasteiger partial charge in [-0.3, -0.25) is 10.1 Å². The van der Waals surface area contributed by atoms with Crippen LogP contribution >= 0.6 is 11.9 Å². The summed E-state index contributed by atoms with van der Waals surface area (Å²) in [5.41, 5.74) is 1.57. The zero-order chi connectivity index (χ0) is 6.12. The zero-order valence-electron chi connectivity index (χ0n) is 5.01. The van der Waals surface area contributed by atoms with Crippen LogP contribution in [0, 0.1) is 0 Å². The lowest BCUT2D eigenvalue weighted by molar-refractivity contribution is 1.49. The maximum Gasteiger partial charge on any atom is 0.0688 e. The molecule has 0 saturated heterocycles. The molecule has 0 saturated carbocycles. The lowest BCUT2D eigenvalue weighted by atomic mass is 11.0. The summed E-state index contributed by atoms with van der Waals surface area (Å²) in [6.45, 7) is 4.00. The fourth-order valence-corrected chi connectivity index (χ4v) is 0.183. The smallest absolute Gasteiger partial charge is 0.0688 e. The Morgan fingerprint density at radius 2 is 2.00 bits per heavy atom. The molecule has 7 heavy (non-hydrogen) atoms. The average Bonchev–Trinajstić information content (AvgIpc) is 1.75. The largest absolute Gasteiger partial charge is 0.288 e. The molecule has 0 amide bonds. The molecule has 0 unspecified atom stereocenters. The van der Waals surface area contributed by atoms with Gasteiger partial charge in [0.2, 0.25) is 0 Å². The molecule has 0 rings (SSSR count). The quantitative estimate of drug-likeness (QED) is 0.321. The fourth-order valence-electron chi connectivity index (χ4n) is 0.0609. The van der Waals surface area contributed by atoms with E-state index in [-0.39, 0.29) is 0 Å². The SMILES string of the molecule is CC.CN=CSN. The van der Waals surface area contributed by atoms with E-state index in [1.807, 2.05) is 13.8 Å². The second-order valence-corrected chi connectivity index (χ2v) is 0.983. The molecule has 2 N–H and O–H groups in total. The summed E-state index contributed by atoms with van der Waals surface area (Å²) in [5.74, 6) is 0. The van der Waals surface area contributed by atoms with Crippen LogP contribution in [-0.4, -0.2) is 12.6 Å². The normalized spacial score (nSPS) is 8.00. The van der Waals surface area contributed by atoms with Gasteiger partial charge in [-0.1, -0.05) is 13.8 Å². The molecule has 0 aromatic carbocycles. The molecule has 0 aromatic heterocycles. The Hall–Kier alpha value is -0.0200. The number of hydrogen-bond donors (Lipinski definition) is 1. The van der Waals surface area contributed by atoms with Gasteiger partial charge in [0.15, 0.2) is 0 Å². The molecule has 0 bridgehead atoms. The minimum absolute atomic E-state index is 1.11. The van der Waals surface area contributed by atoms with Crippen molar-refractivity contribution in [2.24, 2.45) is 10.1 Å². The van der Waals surface area contributed by atoms with Crippen molar-refractivity contribution < 1.29 is 0 Å². The molecule has 0 heterocycles. The third-order valence-electron chi connectivity index (χ3n) is 0.166. The predicted octanol–water partition coefficient (Wildman–Crippen LogP) is 1.28. The second-order valence-electron chi connectivity index (χ2n) is 0.500. The Balaban J connectivity index is 0. The first-order chi connectivity index (χ1) is 3.41. The number of hydrogen-bond acceptors (Lipinski definition) is 3. The Kier molecular flexibility index (Phi) is 24.0. The highest BCUT2D eigenvalue weighted by Gasteiger charge is 1.52. The summed E-state index contributed by atoms with van der Waals surface area (Å²) in [7, 11) is 1.68. The second kappa shape index (κ2) is 16.7. The number of nitrogens with zero attached hydrogens (tertiary/aromatic N) is 1. The van der Waals surface area contributed by atoms with Crippen LogP contribution in [0.25, 0.3) is 0 Å². The lowest BCUT2D eigenvalue weighted by Gasteiger charge is -1.66. The van der Waals surface area contributed by atoms with E-state index in [0.717, 1.165) is 11.9 Å². The van der Waals surface area contributed by atoms with Crippen molar-refractivity contribution in [1.29, 1.82) is 0 Å². The van der Waals surface area contributed by atoms with Crippen LogP contribution in [0.5, 0.6) is 0 Å². The number of rotatable bonds is 1. The molecular weight excluding hydrogens is 108 g/mol. The van der Waals surface area contributed by atoms with Crippen LogP contribution < -0.4 is 5.14 Å². The summed E-state index contributed by atoms with van der Waals surface area (Å²) in [6, 6.07) is 0. The molecule has 0 atom stereocenters. The molecule has 0 spiro atoms. The highest BCUT2D eigenvalue weighted by molar-refractivity contribution is 8.10. The maximum atomic E-state index is 4.91. The molecule has 2 nitrogen and oxygen atoms in total. The monoisotopic (exact) mass is 120 g/mol. The van der Waals surface area contributed by atoms with Gasteiger partial charge in [0.25, 0.3) is 0 Å². The van der Waals surface area contributed by atoms with E-state index in [1.165, 1.54) is 0 Å². The molecule has 3 heteroatoms. The van der Waals surface area contributed by atoms with Gasteiger partial charge in [-0.25, -0.2) is 0 Å². The maximum absolute atomic E-state index is 4.91. The molecule has 0 aliphatic carbocycles. The van der Waals surface area contributed by atoms with Gasteiger partial charge >= 0.3 is 0 Å². The average molecular weight is 120 g/mol. The minimum Gasteiger partial charge on any atom is -0.288 e. The topological polar surface area (TPSA) is 38.4 Å². The van der Waals surface area contributed by atoms with Crippen LogP contribution in [0.3, 0.4) is 0 Å². The van der Waals surface area contributed by atoms with Crippen molar-refractivity contribution in [1.82, 2.24) is 0 Å². The van der Waals surface area contributed by atoms with Crippen molar-refractivity contribution in [3.63, 3.8) is 0 Å². The Bertz CT molecular complexity index is 36.7.